The summed E-state index contributed by atoms with van der Waals surface area (Å²) in [6.07, 6.45) is 0. The van der Waals surface area contributed by atoms with Gasteiger partial charge in [0, 0.05) is 4.43 Å². The highest BCUT2D eigenvalue weighted by atomic mass is 127. The Morgan fingerprint density at radius 1 is 1.62 bits per heavy atom. The Hall–Kier alpha value is 0.690. The summed E-state index contributed by atoms with van der Waals surface area (Å²) in [7, 11) is 0. The Morgan fingerprint density at radius 2 is 2.00 bits per heavy atom. The van der Waals surface area contributed by atoms with E-state index in [1.807, 2.05) is 20.8 Å². The molecule has 0 aromatic carbocycles. The van der Waals surface area contributed by atoms with E-state index in [1.165, 1.54) is 0 Å². The van der Waals surface area contributed by atoms with Crippen molar-refractivity contribution in [2.24, 2.45) is 5.92 Å². The smallest absolute Gasteiger partial charge is 0.0624 e. The van der Waals surface area contributed by atoms with Crippen molar-refractivity contribution in [1.82, 2.24) is 0 Å². The Morgan fingerprint density at radius 3 is 2.00 bits per heavy atom. The maximum atomic E-state index is 9.28. The van der Waals surface area contributed by atoms with Crippen molar-refractivity contribution in [3.8, 4) is 0 Å². The standard InChI is InChI=1S/C6H13IO/c1-5(4-7)6(2,3)8/h5,8H,4H2,1-3H3/t5-/m0/s1. The molecule has 1 nitrogen and oxygen atoms in total. The second-order valence-electron chi connectivity index (χ2n) is 2.71. The maximum Gasteiger partial charge on any atom is 0.0624 e. The molecule has 0 radical (unpaired) electrons. The van der Waals surface area contributed by atoms with Crippen LogP contribution in [0.5, 0.6) is 0 Å². The number of aliphatic hydroxyl groups is 1. The molecule has 0 unspecified atom stereocenters. The molecule has 50 valence electrons. The average Bonchev–Trinajstić information content (AvgIpc) is 1.62. The minimum Gasteiger partial charge on any atom is -0.390 e. The lowest BCUT2D eigenvalue weighted by Gasteiger charge is -2.23. The summed E-state index contributed by atoms with van der Waals surface area (Å²) >= 11 is 2.28. The topological polar surface area (TPSA) is 20.2 Å². The number of alkyl halides is 1. The highest BCUT2D eigenvalue weighted by Gasteiger charge is 2.20. The van der Waals surface area contributed by atoms with E-state index < -0.39 is 5.60 Å². The lowest BCUT2D eigenvalue weighted by molar-refractivity contribution is 0.0358. The van der Waals surface area contributed by atoms with Crippen molar-refractivity contribution in [2.75, 3.05) is 4.43 Å². The van der Waals surface area contributed by atoms with Gasteiger partial charge in [-0.25, -0.2) is 0 Å². The number of halogens is 1. The number of hydrogen-bond donors (Lipinski definition) is 1. The van der Waals surface area contributed by atoms with Gasteiger partial charge in [0.1, 0.15) is 0 Å². The van der Waals surface area contributed by atoms with Crippen molar-refractivity contribution in [2.45, 2.75) is 26.4 Å². The van der Waals surface area contributed by atoms with Gasteiger partial charge in [-0.1, -0.05) is 29.5 Å². The van der Waals surface area contributed by atoms with E-state index in [1.54, 1.807) is 0 Å². The molecule has 0 aliphatic carbocycles. The van der Waals surface area contributed by atoms with Crippen LogP contribution in [-0.2, 0) is 0 Å². The van der Waals surface area contributed by atoms with Crippen LogP contribution in [0.3, 0.4) is 0 Å². The molecule has 0 aromatic rings. The first-order valence-corrected chi connectivity index (χ1v) is 4.29. The first kappa shape index (κ1) is 8.69. The molecule has 0 amide bonds. The van der Waals surface area contributed by atoms with Gasteiger partial charge in [0.2, 0.25) is 0 Å². The first-order valence-electron chi connectivity index (χ1n) is 2.77. The molecule has 8 heavy (non-hydrogen) atoms. The Bertz CT molecular complexity index is 65.4. The average molecular weight is 228 g/mol. The summed E-state index contributed by atoms with van der Waals surface area (Å²) in [6.45, 7) is 5.74. The zero-order chi connectivity index (χ0) is 6.78. The Labute approximate surface area is 64.6 Å². The van der Waals surface area contributed by atoms with E-state index in [4.69, 9.17) is 0 Å². The fourth-order valence-electron chi connectivity index (χ4n) is 0.189. The summed E-state index contributed by atoms with van der Waals surface area (Å²) in [5.41, 5.74) is -0.499. The molecule has 1 N–H and O–H groups in total. The van der Waals surface area contributed by atoms with Crippen LogP contribution in [0.4, 0.5) is 0 Å². The molecule has 0 fully saturated rings. The quantitative estimate of drug-likeness (QED) is 0.564. The van der Waals surface area contributed by atoms with Crippen LogP contribution >= 0.6 is 22.6 Å². The molecule has 0 aromatic heterocycles. The second-order valence-corrected chi connectivity index (χ2v) is 3.59. The molecular formula is C6H13IO. The Balaban J connectivity index is 3.62. The monoisotopic (exact) mass is 228 g/mol. The van der Waals surface area contributed by atoms with Gasteiger partial charge in [-0.3, -0.25) is 0 Å². The summed E-state index contributed by atoms with van der Waals surface area (Å²) in [6, 6.07) is 0. The largest absolute Gasteiger partial charge is 0.390 e. The van der Waals surface area contributed by atoms with Crippen LogP contribution in [0.15, 0.2) is 0 Å². The van der Waals surface area contributed by atoms with Gasteiger partial charge in [0.25, 0.3) is 0 Å². The molecule has 0 saturated heterocycles. The van der Waals surface area contributed by atoms with Crippen LogP contribution in [0, 0.1) is 5.92 Å². The van der Waals surface area contributed by atoms with Crippen molar-refractivity contribution < 1.29 is 5.11 Å². The third kappa shape index (κ3) is 2.87. The summed E-state index contributed by atoms with van der Waals surface area (Å²) < 4.78 is 1.02. The van der Waals surface area contributed by atoms with Gasteiger partial charge >= 0.3 is 0 Å². The van der Waals surface area contributed by atoms with E-state index in [9.17, 15) is 5.11 Å². The van der Waals surface area contributed by atoms with Gasteiger partial charge in [0.05, 0.1) is 5.60 Å². The fraction of sp³-hybridized carbons (Fsp3) is 1.00. The molecule has 0 aliphatic rings. The predicted molar refractivity (Wildman–Crippen MR) is 44.3 cm³/mol. The molecule has 0 spiro atoms. The van der Waals surface area contributed by atoms with Gasteiger partial charge in [-0.05, 0) is 19.8 Å². The lowest BCUT2D eigenvalue weighted by atomic mass is 9.95. The van der Waals surface area contributed by atoms with Crippen LogP contribution in [0.2, 0.25) is 0 Å². The van der Waals surface area contributed by atoms with Crippen LogP contribution in [0.25, 0.3) is 0 Å². The minimum absolute atomic E-state index is 0.392. The van der Waals surface area contributed by atoms with E-state index in [-0.39, 0.29) is 0 Å². The Kier molecular flexibility index (Phi) is 3.27. The minimum atomic E-state index is -0.499. The summed E-state index contributed by atoms with van der Waals surface area (Å²) in [5.74, 6) is 0.392. The van der Waals surface area contributed by atoms with Crippen molar-refractivity contribution >= 4 is 22.6 Å². The molecule has 0 rings (SSSR count). The van der Waals surface area contributed by atoms with Gasteiger partial charge in [-0.2, -0.15) is 0 Å². The van der Waals surface area contributed by atoms with Crippen molar-refractivity contribution in [3.05, 3.63) is 0 Å². The predicted octanol–water partition coefficient (Wildman–Crippen LogP) is 1.83. The lowest BCUT2D eigenvalue weighted by Crippen LogP contribution is -2.29. The van der Waals surface area contributed by atoms with Gasteiger partial charge < -0.3 is 5.11 Å². The van der Waals surface area contributed by atoms with Crippen LogP contribution in [-0.4, -0.2) is 15.1 Å². The van der Waals surface area contributed by atoms with Gasteiger partial charge in [-0.15, -0.1) is 0 Å². The number of hydrogen-bond acceptors (Lipinski definition) is 1. The molecule has 0 aliphatic heterocycles. The first-order chi connectivity index (χ1) is 3.48. The summed E-state index contributed by atoms with van der Waals surface area (Å²) in [5, 5.41) is 9.28. The molecule has 0 saturated carbocycles. The fourth-order valence-corrected chi connectivity index (χ4v) is 1.27. The van der Waals surface area contributed by atoms with Crippen molar-refractivity contribution in [1.29, 1.82) is 0 Å². The van der Waals surface area contributed by atoms with E-state index in [2.05, 4.69) is 22.6 Å². The van der Waals surface area contributed by atoms with E-state index in [0.717, 1.165) is 4.43 Å². The zero-order valence-electron chi connectivity index (χ0n) is 5.61. The maximum absolute atomic E-state index is 9.28. The van der Waals surface area contributed by atoms with Crippen LogP contribution < -0.4 is 0 Å². The SMILES string of the molecule is C[C@@H](CI)C(C)(C)O. The highest BCUT2D eigenvalue weighted by Crippen LogP contribution is 2.17. The molecule has 2 heteroatoms. The van der Waals surface area contributed by atoms with E-state index in [0.29, 0.717) is 5.92 Å². The molecule has 1 atom stereocenters. The second kappa shape index (κ2) is 3.01. The molecule has 0 heterocycles. The number of rotatable bonds is 2. The normalized spacial score (nSPS) is 16.1. The summed E-state index contributed by atoms with van der Waals surface area (Å²) in [4.78, 5) is 0. The zero-order valence-corrected chi connectivity index (χ0v) is 7.77. The van der Waals surface area contributed by atoms with Gasteiger partial charge in [0.15, 0.2) is 0 Å². The van der Waals surface area contributed by atoms with Crippen molar-refractivity contribution in [3.63, 3.8) is 0 Å². The van der Waals surface area contributed by atoms with Crippen LogP contribution in [0.1, 0.15) is 20.8 Å². The molecule has 0 bridgehead atoms. The third-order valence-corrected chi connectivity index (χ3v) is 2.76. The molecular weight excluding hydrogens is 215 g/mol. The van der Waals surface area contributed by atoms with E-state index >= 15 is 0 Å². The third-order valence-electron chi connectivity index (χ3n) is 1.44. The highest BCUT2D eigenvalue weighted by molar-refractivity contribution is 14.1.